The van der Waals surface area contributed by atoms with Crippen molar-refractivity contribution in [3.8, 4) is 0 Å². The number of thiazole rings is 1. The van der Waals surface area contributed by atoms with Crippen LogP contribution < -0.4 is 10.9 Å². The van der Waals surface area contributed by atoms with Crippen LogP contribution in [0, 0.1) is 6.92 Å². The highest BCUT2D eigenvalue weighted by Crippen LogP contribution is 2.15. The first kappa shape index (κ1) is 15.8. The van der Waals surface area contributed by atoms with E-state index in [1.807, 2.05) is 24.4 Å². The van der Waals surface area contributed by atoms with Gasteiger partial charge in [0.05, 0.1) is 21.8 Å². The summed E-state index contributed by atoms with van der Waals surface area (Å²) in [5, 5.41) is 3.63. The average molecular weight is 338 g/mol. The van der Waals surface area contributed by atoms with E-state index in [2.05, 4.69) is 20.8 Å². The van der Waals surface area contributed by atoms with E-state index in [1.165, 1.54) is 17.4 Å². The van der Waals surface area contributed by atoms with Crippen LogP contribution in [0.25, 0.3) is 17.0 Å². The Morgan fingerprint density at radius 3 is 2.79 bits per heavy atom. The molecule has 0 aliphatic heterocycles. The lowest BCUT2D eigenvalue weighted by molar-refractivity contribution is -0.117. The maximum absolute atomic E-state index is 12.2. The molecular weight excluding hydrogens is 324 g/mol. The molecule has 0 unspecified atom stereocenters. The highest BCUT2D eigenvalue weighted by molar-refractivity contribution is 7.09. The van der Waals surface area contributed by atoms with Crippen molar-refractivity contribution in [1.29, 1.82) is 0 Å². The Kier molecular flexibility index (Phi) is 4.62. The monoisotopic (exact) mass is 338 g/mol. The van der Waals surface area contributed by atoms with E-state index in [0.717, 1.165) is 10.4 Å². The normalized spacial score (nSPS) is 10.9. The largest absolute Gasteiger partial charge is 0.271 e. The van der Waals surface area contributed by atoms with Crippen molar-refractivity contribution in [3.63, 3.8) is 0 Å². The lowest BCUT2D eigenvalue weighted by Gasteiger charge is -2.07. The number of carbonyl (C=O) groups is 2. The molecule has 0 saturated carbocycles. The van der Waals surface area contributed by atoms with Crippen LogP contribution in [0.5, 0.6) is 0 Å². The molecule has 2 aromatic heterocycles. The minimum atomic E-state index is -0.442. The summed E-state index contributed by atoms with van der Waals surface area (Å²) in [7, 11) is 0. The van der Waals surface area contributed by atoms with Gasteiger partial charge in [-0.1, -0.05) is 18.2 Å². The van der Waals surface area contributed by atoms with Crippen molar-refractivity contribution < 1.29 is 9.59 Å². The Morgan fingerprint density at radius 1 is 1.17 bits per heavy atom. The van der Waals surface area contributed by atoms with Crippen molar-refractivity contribution in [2.24, 2.45) is 0 Å². The Hall–Kier alpha value is -3.06. The van der Waals surface area contributed by atoms with Gasteiger partial charge in [-0.2, -0.15) is 0 Å². The zero-order valence-corrected chi connectivity index (χ0v) is 13.6. The molecule has 1 aromatic carbocycles. The number of aromatic nitrogens is 2. The second-order valence-corrected chi connectivity index (χ2v) is 6.01. The van der Waals surface area contributed by atoms with Gasteiger partial charge in [0, 0.05) is 23.0 Å². The van der Waals surface area contributed by atoms with Crippen LogP contribution in [-0.2, 0) is 4.79 Å². The van der Waals surface area contributed by atoms with Crippen LogP contribution in [0.3, 0.4) is 0 Å². The predicted molar refractivity (Wildman–Crippen MR) is 93.2 cm³/mol. The zero-order chi connectivity index (χ0) is 16.9. The molecule has 2 heterocycles. The minimum Gasteiger partial charge on any atom is -0.268 e. The SMILES string of the molecule is Cc1nc(/C=C\C(=O)NNC(=O)c2cccc3cccnc23)cs1. The van der Waals surface area contributed by atoms with Gasteiger partial charge in [0.1, 0.15) is 0 Å². The predicted octanol–water partition coefficient (Wildman–Crippen LogP) is 2.47. The molecule has 24 heavy (non-hydrogen) atoms. The first-order valence-corrected chi connectivity index (χ1v) is 8.06. The second-order valence-electron chi connectivity index (χ2n) is 4.95. The van der Waals surface area contributed by atoms with Gasteiger partial charge in [0.25, 0.3) is 11.8 Å². The van der Waals surface area contributed by atoms with Crippen molar-refractivity contribution in [2.45, 2.75) is 6.92 Å². The van der Waals surface area contributed by atoms with Crippen LogP contribution in [0.15, 0.2) is 48.0 Å². The summed E-state index contributed by atoms with van der Waals surface area (Å²) in [5.41, 5.74) is 6.42. The summed E-state index contributed by atoms with van der Waals surface area (Å²) in [5.74, 6) is -0.868. The van der Waals surface area contributed by atoms with E-state index in [4.69, 9.17) is 0 Å². The average Bonchev–Trinajstić information content (AvgIpc) is 3.02. The van der Waals surface area contributed by atoms with Gasteiger partial charge in [0.15, 0.2) is 0 Å². The second kappa shape index (κ2) is 7.01. The van der Waals surface area contributed by atoms with E-state index >= 15 is 0 Å². The molecule has 0 radical (unpaired) electrons. The summed E-state index contributed by atoms with van der Waals surface area (Å²) in [6.45, 7) is 1.89. The molecule has 6 nitrogen and oxygen atoms in total. The molecule has 0 saturated heterocycles. The highest BCUT2D eigenvalue weighted by Gasteiger charge is 2.10. The van der Waals surface area contributed by atoms with Gasteiger partial charge < -0.3 is 0 Å². The van der Waals surface area contributed by atoms with E-state index < -0.39 is 11.8 Å². The molecule has 0 spiro atoms. The van der Waals surface area contributed by atoms with E-state index in [0.29, 0.717) is 16.8 Å². The van der Waals surface area contributed by atoms with E-state index in [9.17, 15) is 9.59 Å². The number of carbonyl (C=O) groups excluding carboxylic acids is 2. The Labute approximate surface area is 142 Å². The quantitative estimate of drug-likeness (QED) is 0.568. The van der Waals surface area contributed by atoms with E-state index in [1.54, 1.807) is 30.5 Å². The molecule has 3 rings (SSSR count). The third kappa shape index (κ3) is 3.64. The smallest absolute Gasteiger partial charge is 0.268 e. The Balaban J connectivity index is 1.64. The summed E-state index contributed by atoms with van der Waals surface area (Å²) in [6.07, 6.45) is 4.52. The molecule has 0 atom stereocenters. The molecule has 3 aromatic rings. The molecule has 0 aliphatic rings. The van der Waals surface area contributed by atoms with Gasteiger partial charge in [-0.3, -0.25) is 25.4 Å². The number of para-hydroxylation sites is 1. The zero-order valence-electron chi connectivity index (χ0n) is 12.8. The number of hydrazine groups is 1. The first-order valence-electron chi connectivity index (χ1n) is 7.18. The summed E-state index contributed by atoms with van der Waals surface area (Å²) < 4.78 is 0. The van der Waals surface area contributed by atoms with Crippen LogP contribution in [0.4, 0.5) is 0 Å². The molecule has 0 bridgehead atoms. The number of rotatable bonds is 3. The fraction of sp³-hybridized carbons (Fsp3) is 0.0588. The molecule has 2 amide bonds. The molecular formula is C17H14N4O2S. The minimum absolute atomic E-state index is 0.396. The first-order chi connectivity index (χ1) is 11.6. The number of amides is 2. The number of benzene rings is 1. The number of hydrogen-bond acceptors (Lipinski definition) is 5. The van der Waals surface area contributed by atoms with Crippen molar-refractivity contribution in [1.82, 2.24) is 20.8 Å². The van der Waals surface area contributed by atoms with Crippen LogP contribution in [0.2, 0.25) is 0 Å². The van der Waals surface area contributed by atoms with Gasteiger partial charge in [0.2, 0.25) is 0 Å². The molecule has 7 heteroatoms. The topological polar surface area (TPSA) is 84.0 Å². The number of pyridine rings is 1. The van der Waals surface area contributed by atoms with Gasteiger partial charge >= 0.3 is 0 Å². The summed E-state index contributed by atoms with van der Waals surface area (Å²) >= 11 is 1.50. The Bertz CT molecular complexity index is 928. The van der Waals surface area contributed by atoms with Crippen LogP contribution in [-0.4, -0.2) is 21.8 Å². The summed E-state index contributed by atoms with van der Waals surface area (Å²) in [4.78, 5) is 32.4. The molecule has 0 aliphatic carbocycles. The fourth-order valence-electron chi connectivity index (χ4n) is 2.13. The van der Waals surface area contributed by atoms with E-state index in [-0.39, 0.29) is 0 Å². The number of nitrogens with zero attached hydrogens (tertiary/aromatic N) is 2. The summed E-state index contributed by atoms with van der Waals surface area (Å²) in [6, 6.07) is 8.97. The lowest BCUT2D eigenvalue weighted by Crippen LogP contribution is -2.40. The number of hydrogen-bond donors (Lipinski definition) is 2. The third-order valence-electron chi connectivity index (χ3n) is 3.22. The number of fused-ring (bicyclic) bond motifs is 1. The van der Waals surface area contributed by atoms with Gasteiger partial charge in [-0.15, -0.1) is 11.3 Å². The van der Waals surface area contributed by atoms with Crippen molar-refractivity contribution in [2.75, 3.05) is 0 Å². The van der Waals surface area contributed by atoms with Crippen LogP contribution in [0.1, 0.15) is 21.1 Å². The fourth-order valence-corrected chi connectivity index (χ4v) is 2.71. The molecule has 120 valence electrons. The standard InChI is InChI=1S/C17H14N4O2S/c1-11-19-13(10-24-11)7-8-15(22)20-21-17(23)14-6-2-4-12-5-3-9-18-16(12)14/h2-10H,1H3,(H,20,22)(H,21,23)/b8-7-. The van der Waals surface area contributed by atoms with Crippen LogP contribution >= 0.6 is 11.3 Å². The maximum atomic E-state index is 12.2. The number of aryl methyl sites for hydroxylation is 1. The van der Waals surface area contributed by atoms with Crippen molar-refractivity contribution in [3.05, 3.63) is 64.2 Å². The lowest BCUT2D eigenvalue weighted by atomic mass is 10.1. The third-order valence-corrected chi connectivity index (χ3v) is 4.01. The Morgan fingerprint density at radius 2 is 2.00 bits per heavy atom. The maximum Gasteiger partial charge on any atom is 0.271 e. The highest BCUT2D eigenvalue weighted by atomic mass is 32.1. The molecule has 0 fully saturated rings. The van der Waals surface area contributed by atoms with Gasteiger partial charge in [-0.25, -0.2) is 4.98 Å². The molecule has 2 N–H and O–H groups in total. The van der Waals surface area contributed by atoms with Gasteiger partial charge in [-0.05, 0) is 25.1 Å². The van der Waals surface area contributed by atoms with Crippen molar-refractivity contribution >= 4 is 40.1 Å². The number of nitrogens with one attached hydrogen (secondary N) is 2.